The van der Waals surface area contributed by atoms with E-state index in [0.717, 1.165) is 55.0 Å². The molecule has 0 unspecified atom stereocenters. The molecule has 41 heavy (non-hydrogen) atoms. The fourth-order valence-corrected chi connectivity index (χ4v) is 4.78. The Morgan fingerprint density at radius 2 is 1.44 bits per heavy atom. The van der Waals surface area contributed by atoms with Crippen molar-refractivity contribution in [2.45, 2.75) is 77.4 Å². The van der Waals surface area contributed by atoms with E-state index < -0.39 is 24.1 Å². The van der Waals surface area contributed by atoms with Gasteiger partial charge in [0.1, 0.15) is 5.75 Å². The Labute approximate surface area is 242 Å². The summed E-state index contributed by atoms with van der Waals surface area (Å²) < 4.78 is 10.8. The monoisotopic (exact) mass is 565 g/mol. The van der Waals surface area contributed by atoms with Crippen LogP contribution in [0.2, 0.25) is 0 Å². The van der Waals surface area contributed by atoms with Gasteiger partial charge in [-0.05, 0) is 97.5 Å². The Bertz CT molecular complexity index is 1290. The molecule has 0 aliphatic heterocycles. The summed E-state index contributed by atoms with van der Waals surface area (Å²) in [5.74, 6) is -1.69. The second-order valence-electron chi connectivity index (χ2n) is 10.6. The normalized spacial score (nSPS) is 12.7. The topological polar surface area (TPSA) is 117 Å². The molecule has 8 heteroatoms. The number of aliphatic hydroxyl groups is 1. The third-order valence-corrected chi connectivity index (χ3v) is 7.46. The Morgan fingerprint density at radius 1 is 0.805 bits per heavy atom. The van der Waals surface area contributed by atoms with Gasteiger partial charge in [-0.2, -0.15) is 0 Å². The summed E-state index contributed by atoms with van der Waals surface area (Å²) in [6, 6.07) is 18.7. The Balaban J connectivity index is 1.38. The number of nitrogens with zero attached hydrogens (tertiary/aromatic N) is 1. The van der Waals surface area contributed by atoms with E-state index in [1.807, 2.05) is 18.2 Å². The lowest BCUT2D eigenvalue weighted by atomic mass is 10.0. The number of aryl methyl sites for hydroxylation is 4. The highest BCUT2D eigenvalue weighted by atomic mass is 16.5. The lowest BCUT2D eigenvalue weighted by molar-refractivity contribution is -0.189. The van der Waals surface area contributed by atoms with Gasteiger partial charge in [0.25, 0.3) is 5.91 Å². The van der Waals surface area contributed by atoms with Crippen LogP contribution >= 0.6 is 0 Å². The molecule has 8 nitrogen and oxygen atoms in total. The van der Waals surface area contributed by atoms with Gasteiger partial charge in [-0.3, -0.25) is 10.0 Å². The molecular formula is C33H43NO7. The molecule has 3 N–H and O–H groups in total. The fourth-order valence-electron chi connectivity index (χ4n) is 4.78. The highest BCUT2D eigenvalue weighted by Crippen LogP contribution is 2.23. The Hall–Kier alpha value is -3.46. The van der Waals surface area contributed by atoms with Crippen molar-refractivity contribution in [1.29, 1.82) is 0 Å². The largest absolute Gasteiger partial charge is 0.497 e. The number of aliphatic carboxylic acids is 1. The van der Waals surface area contributed by atoms with Crippen LogP contribution in [0.25, 0.3) is 10.8 Å². The van der Waals surface area contributed by atoms with E-state index in [9.17, 15) is 25.0 Å². The average Bonchev–Trinajstić information content (AvgIpc) is 2.97. The van der Waals surface area contributed by atoms with Crippen molar-refractivity contribution >= 4 is 22.6 Å². The number of carbonyl (C=O) groups excluding carboxylic acids is 1. The van der Waals surface area contributed by atoms with Gasteiger partial charge in [0, 0.05) is 13.2 Å². The third-order valence-electron chi connectivity index (χ3n) is 7.46. The molecule has 0 saturated carbocycles. The molecule has 0 bridgehead atoms. The third kappa shape index (κ3) is 9.85. The molecule has 0 aliphatic rings. The lowest BCUT2D eigenvalue weighted by Gasteiger charge is -2.24. The predicted octanol–water partition coefficient (Wildman–Crippen LogP) is 5.64. The number of aliphatic hydroxyl groups excluding tert-OH is 1. The van der Waals surface area contributed by atoms with E-state index in [0.29, 0.717) is 17.9 Å². The number of carboxylic acids is 1. The Morgan fingerprint density at radius 3 is 2.12 bits per heavy atom. The summed E-state index contributed by atoms with van der Waals surface area (Å²) in [6.45, 7) is 4.31. The van der Waals surface area contributed by atoms with Gasteiger partial charge in [-0.15, -0.1) is 0 Å². The van der Waals surface area contributed by atoms with Crippen molar-refractivity contribution in [1.82, 2.24) is 5.06 Å². The zero-order valence-electron chi connectivity index (χ0n) is 24.3. The maximum absolute atomic E-state index is 12.7. The average molecular weight is 566 g/mol. The van der Waals surface area contributed by atoms with Crippen molar-refractivity contribution in [3.05, 3.63) is 76.9 Å². The number of unbranched alkanes of at least 4 members (excludes halogenated alkanes) is 4. The van der Waals surface area contributed by atoms with Crippen LogP contribution in [-0.4, -0.2) is 64.8 Å². The molecule has 0 radical (unpaired) electrons. The molecule has 0 aliphatic carbocycles. The zero-order valence-corrected chi connectivity index (χ0v) is 24.3. The molecule has 2 atom stereocenters. The second-order valence-corrected chi connectivity index (χ2v) is 10.6. The minimum Gasteiger partial charge on any atom is -0.497 e. The van der Waals surface area contributed by atoms with Crippen LogP contribution in [0.1, 0.15) is 60.8 Å². The summed E-state index contributed by atoms with van der Waals surface area (Å²) in [6.07, 6.45) is 2.57. The zero-order chi connectivity index (χ0) is 29.8. The standard InChI is InChI=1S/C33H43NO7/c1-23-12-13-25(20-24(23)2)10-7-5-9-19-41-31(30(35)33(37)38)32(36)34(39)18-8-4-6-11-26-14-15-28-22-29(40-3)17-16-27(28)21-26/h12-17,20-22,30-31,35,39H,4-11,18-19H2,1-3H3,(H,37,38)/t30-,31-/m1/s1. The fraction of sp³-hybridized carbons (Fsp3) is 0.455. The first kappa shape index (κ1) is 32.1. The van der Waals surface area contributed by atoms with Gasteiger partial charge in [-0.1, -0.05) is 55.3 Å². The maximum Gasteiger partial charge on any atom is 0.335 e. The first-order valence-corrected chi connectivity index (χ1v) is 14.3. The van der Waals surface area contributed by atoms with Crippen molar-refractivity contribution in [3.8, 4) is 5.75 Å². The minimum atomic E-state index is -2.06. The summed E-state index contributed by atoms with van der Waals surface area (Å²) >= 11 is 0. The number of amides is 1. The number of carboxylic acid groups (broad SMARTS) is 1. The van der Waals surface area contributed by atoms with Crippen molar-refractivity contribution < 1.29 is 34.5 Å². The number of carbonyl (C=O) groups is 2. The van der Waals surface area contributed by atoms with E-state index in [1.54, 1.807) is 7.11 Å². The van der Waals surface area contributed by atoms with Crippen molar-refractivity contribution in [3.63, 3.8) is 0 Å². The number of ether oxygens (including phenoxy) is 2. The van der Waals surface area contributed by atoms with Crippen LogP contribution < -0.4 is 4.74 Å². The van der Waals surface area contributed by atoms with E-state index in [-0.39, 0.29) is 13.2 Å². The van der Waals surface area contributed by atoms with Gasteiger partial charge in [0.2, 0.25) is 0 Å². The van der Waals surface area contributed by atoms with Crippen LogP contribution in [0.5, 0.6) is 5.75 Å². The number of hydrogen-bond donors (Lipinski definition) is 3. The van der Waals surface area contributed by atoms with Crippen LogP contribution in [-0.2, 0) is 27.2 Å². The van der Waals surface area contributed by atoms with Crippen LogP contribution in [0.4, 0.5) is 0 Å². The number of rotatable bonds is 17. The highest BCUT2D eigenvalue weighted by Gasteiger charge is 2.35. The highest BCUT2D eigenvalue weighted by molar-refractivity contribution is 5.87. The Kier molecular flexibility index (Phi) is 12.6. The molecule has 3 aromatic rings. The van der Waals surface area contributed by atoms with E-state index in [4.69, 9.17) is 9.47 Å². The van der Waals surface area contributed by atoms with Gasteiger partial charge in [0.15, 0.2) is 12.2 Å². The van der Waals surface area contributed by atoms with Gasteiger partial charge in [-0.25, -0.2) is 9.86 Å². The maximum atomic E-state index is 12.7. The molecule has 222 valence electrons. The molecule has 0 heterocycles. The molecule has 0 aromatic heterocycles. The van der Waals surface area contributed by atoms with E-state index >= 15 is 0 Å². The smallest absolute Gasteiger partial charge is 0.335 e. The molecule has 3 aromatic carbocycles. The lowest BCUT2D eigenvalue weighted by Crippen LogP contribution is -2.48. The molecule has 0 fully saturated rings. The van der Waals surface area contributed by atoms with E-state index in [1.165, 1.54) is 22.3 Å². The summed E-state index contributed by atoms with van der Waals surface area (Å²) in [5.41, 5.74) is 4.98. The van der Waals surface area contributed by atoms with Crippen LogP contribution in [0.15, 0.2) is 54.6 Å². The van der Waals surface area contributed by atoms with Gasteiger partial charge >= 0.3 is 5.97 Å². The number of hydroxylamine groups is 2. The number of fused-ring (bicyclic) bond motifs is 1. The molecular weight excluding hydrogens is 522 g/mol. The minimum absolute atomic E-state index is 0.0263. The number of methoxy groups -OCH3 is 1. The second kappa shape index (κ2) is 16.1. The molecule has 1 amide bonds. The molecule has 0 spiro atoms. The summed E-state index contributed by atoms with van der Waals surface area (Å²) in [7, 11) is 1.65. The summed E-state index contributed by atoms with van der Waals surface area (Å²) in [4.78, 5) is 24.1. The summed E-state index contributed by atoms with van der Waals surface area (Å²) in [5, 5.41) is 32.3. The van der Waals surface area contributed by atoms with Crippen LogP contribution in [0.3, 0.4) is 0 Å². The van der Waals surface area contributed by atoms with Crippen LogP contribution in [0, 0.1) is 13.8 Å². The first-order valence-electron chi connectivity index (χ1n) is 14.3. The number of benzene rings is 3. The first-order chi connectivity index (χ1) is 19.7. The number of hydrogen-bond acceptors (Lipinski definition) is 6. The van der Waals surface area contributed by atoms with E-state index in [2.05, 4.69) is 50.2 Å². The van der Waals surface area contributed by atoms with Gasteiger partial charge in [0.05, 0.1) is 7.11 Å². The molecule has 0 saturated heterocycles. The predicted molar refractivity (Wildman–Crippen MR) is 158 cm³/mol. The van der Waals surface area contributed by atoms with Crippen molar-refractivity contribution in [2.75, 3.05) is 20.3 Å². The molecule has 3 rings (SSSR count). The van der Waals surface area contributed by atoms with Gasteiger partial charge < -0.3 is 19.7 Å². The SMILES string of the molecule is COc1ccc2cc(CCCCCN(O)C(=O)[C@H](OCCCCCc3ccc(C)c(C)c3)[C@@H](O)C(=O)O)ccc2c1. The quantitative estimate of drug-likeness (QED) is 0.110. The van der Waals surface area contributed by atoms with Crippen molar-refractivity contribution in [2.24, 2.45) is 0 Å².